The summed E-state index contributed by atoms with van der Waals surface area (Å²) in [6, 6.07) is 0. The van der Waals surface area contributed by atoms with Gasteiger partial charge in [0.15, 0.2) is 12.2 Å². The largest absolute Gasteiger partial charge is 0.472 e. The first-order valence-electron chi connectivity index (χ1n) is 36.2. The van der Waals surface area contributed by atoms with E-state index in [9.17, 15) is 43.2 Å². The van der Waals surface area contributed by atoms with E-state index in [1.54, 1.807) is 0 Å². The number of carbonyl (C=O) groups excluding carboxylic acids is 4. The van der Waals surface area contributed by atoms with Gasteiger partial charge in [0.25, 0.3) is 0 Å². The van der Waals surface area contributed by atoms with Gasteiger partial charge in [0.05, 0.1) is 26.4 Å². The van der Waals surface area contributed by atoms with Crippen molar-refractivity contribution in [2.24, 2.45) is 5.92 Å². The quantitative estimate of drug-likeness (QED) is 0.0222. The smallest absolute Gasteiger partial charge is 0.462 e. The van der Waals surface area contributed by atoms with E-state index in [1.165, 1.54) is 173 Å². The number of esters is 4. The maximum Gasteiger partial charge on any atom is 0.472 e. The zero-order valence-electron chi connectivity index (χ0n) is 56.9. The number of phosphoric ester groups is 2. The summed E-state index contributed by atoms with van der Waals surface area (Å²) in [6.45, 7) is 7.17. The van der Waals surface area contributed by atoms with Gasteiger partial charge in [0.2, 0.25) is 0 Å². The lowest BCUT2D eigenvalue weighted by Crippen LogP contribution is -2.30. The van der Waals surface area contributed by atoms with E-state index < -0.39 is 97.5 Å². The third-order valence-corrected chi connectivity index (χ3v) is 18.3. The summed E-state index contributed by atoms with van der Waals surface area (Å²) in [6.07, 6.45) is 48.6. The highest BCUT2D eigenvalue weighted by atomic mass is 31.2. The van der Waals surface area contributed by atoms with Crippen LogP contribution in [0, 0.1) is 5.92 Å². The van der Waals surface area contributed by atoms with E-state index in [-0.39, 0.29) is 25.7 Å². The number of ether oxygens (including phenoxy) is 4. The molecule has 0 saturated heterocycles. The highest BCUT2D eigenvalue weighted by Gasteiger charge is 2.30. The second-order valence-electron chi connectivity index (χ2n) is 25.2. The molecule has 88 heavy (non-hydrogen) atoms. The molecule has 3 N–H and O–H groups in total. The number of phosphoric acid groups is 2. The Labute approximate surface area is 537 Å². The Bertz CT molecular complexity index is 1710. The topological polar surface area (TPSA) is 237 Å². The maximum absolute atomic E-state index is 13.0. The highest BCUT2D eigenvalue weighted by Crippen LogP contribution is 2.45. The molecular formula is C69H134O17P2. The van der Waals surface area contributed by atoms with Crippen molar-refractivity contribution in [3.63, 3.8) is 0 Å². The molecule has 0 radical (unpaired) electrons. The van der Waals surface area contributed by atoms with Crippen molar-refractivity contribution in [1.82, 2.24) is 0 Å². The second-order valence-corrected chi connectivity index (χ2v) is 28.1. The SMILES string of the molecule is CCCCCCCCCCCCCCCCCC(=O)OC[C@H](COP(=O)(O)OC[C@@H](O)COP(=O)(O)OC[C@@H](COC(=O)CCCCCCCCCC)OC(=O)CCCCCCCCC(C)CC)OC(=O)CCCCCCCCCCCCCCCCC. The van der Waals surface area contributed by atoms with Crippen molar-refractivity contribution in [2.75, 3.05) is 39.6 Å². The molecule has 0 heterocycles. The lowest BCUT2D eigenvalue weighted by atomic mass is 10.00. The molecule has 19 heteroatoms. The van der Waals surface area contributed by atoms with Crippen LogP contribution in [0.3, 0.4) is 0 Å². The molecule has 17 nitrogen and oxygen atoms in total. The van der Waals surface area contributed by atoms with Gasteiger partial charge in [-0.2, -0.15) is 0 Å². The summed E-state index contributed by atoms with van der Waals surface area (Å²) in [7, 11) is -9.89. The van der Waals surface area contributed by atoms with Gasteiger partial charge < -0.3 is 33.8 Å². The van der Waals surface area contributed by atoms with Gasteiger partial charge in [-0.05, 0) is 31.6 Å². The van der Waals surface area contributed by atoms with Crippen LogP contribution in [0.2, 0.25) is 0 Å². The van der Waals surface area contributed by atoms with Crippen LogP contribution < -0.4 is 0 Å². The summed E-state index contributed by atoms with van der Waals surface area (Å²) in [5.41, 5.74) is 0. The number of rotatable bonds is 69. The molecule has 0 bridgehead atoms. The molecule has 0 aromatic heterocycles. The van der Waals surface area contributed by atoms with Crippen LogP contribution in [-0.4, -0.2) is 96.7 Å². The molecular weight excluding hydrogens is 1160 g/mol. The summed E-state index contributed by atoms with van der Waals surface area (Å²) >= 11 is 0. The third-order valence-electron chi connectivity index (χ3n) is 16.4. The molecule has 0 saturated carbocycles. The van der Waals surface area contributed by atoms with Crippen LogP contribution in [0.1, 0.15) is 356 Å². The average Bonchev–Trinajstić information content (AvgIpc) is 3.66. The molecule has 6 atom stereocenters. The zero-order valence-corrected chi connectivity index (χ0v) is 58.6. The Morgan fingerprint density at radius 1 is 0.318 bits per heavy atom. The van der Waals surface area contributed by atoms with Gasteiger partial charge in [-0.3, -0.25) is 37.3 Å². The van der Waals surface area contributed by atoms with Crippen LogP contribution in [0.25, 0.3) is 0 Å². The van der Waals surface area contributed by atoms with Crippen LogP contribution >= 0.6 is 15.6 Å². The van der Waals surface area contributed by atoms with Gasteiger partial charge in [0.1, 0.15) is 19.3 Å². The molecule has 0 amide bonds. The average molecular weight is 1300 g/mol. The molecule has 0 spiro atoms. The summed E-state index contributed by atoms with van der Waals surface area (Å²) in [4.78, 5) is 72.4. The molecule has 0 fully saturated rings. The van der Waals surface area contributed by atoms with Gasteiger partial charge in [0, 0.05) is 25.7 Å². The summed E-state index contributed by atoms with van der Waals surface area (Å²) < 4.78 is 68.2. The Morgan fingerprint density at radius 3 is 0.807 bits per heavy atom. The molecule has 0 aromatic rings. The van der Waals surface area contributed by atoms with Gasteiger partial charge in [-0.15, -0.1) is 0 Å². The predicted molar refractivity (Wildman–Crippen MR) is 354 cm³/mol. The van der Waals surface area contributed by atoms with Crippen LogP contribution in [0.5, 0.6) is 0 Å². The van der Waals surface area contributed by atoms with E-state index in [1.807, 2.05) is 0 Å². The second kappa shape index (κ2) is 62.5. The van der Waals surface area contributed by atoms with E-state index in [0.29, 0.717) is 25.7 Å². The Kier molecular flexibility index (Phi) is 61.1. The van der Waals surface area contributed by atoms with E-state index in [0.717, 1.165) is 102 Å². The molecule has 3 unspecified atom stereocenters. The van der Waals surface area contributed by atoms with Gasteiger partial charge in [-0.1, -0.05) is 304 Å². The Hall–Kier alpha value is -1.94. The van der Waals surface area contributed by atoms with Crippen LogP contribution in [0.15, 0.2) is 0 Å². The monoisotopic (exact) mass is 1300 g/mol. The Morgan fingerprint density at radius 2 is 0.545 bits per heavy atom. The van der Waals surface area contributed by atoms with Gasteiger partial charge in [-0.25, -0.2) is 9.13 Å². The molecule has 522 valence electrons. The van der Waals surface area contributed by atoms with Crippen molar-refractivity contribution < 1.29 is 80.2 Å². The lowest BCUT2D eigenvalue weighted by molar-refractivity contribution is -0.161. The maximum atomic E-state index is 13.0. The van der Waals surface area contributed by atoms with Crippen molar-refractivity contribution in [3.05, 3.63) is 0 Å². The number of hydrogen-bond donors (Lipinski definition) is 3. The fourth-order valence-corrected chi connectivity index (χ4v) is 12.0. The fourth-order valence-electron chi connectivity index (χ4n) is 10.4. The molecule has 0 aliphatic rings. The number of carbonyl (C=O) groups is 4. The molecule has 0 aliphatic heterocycles. The van der Waals surface area contributed by atoms with Crippen LogP contribution in [-0.2, 0) is 65.4 Å². The third kappa shape index (κ3) is 61.6. The standard InChI is InChI=1S/C69H134O17P2/c1-6-10-13-16-19-22-24-26-28-30-32-34-37-43-48-53-67(72)80-58-64(85-68(73)54-49-44-38-35-33-31-29-27-25-23-20-17-14-11-7-2)60-83-87(75,76)81-56-63(70)57-82-88(77,78)84-61-65(59-79-66(71)52-47-42-36-21-18-15-12-8-3)86-69(74)55-50-45-40-39-41-46-51-62(5)9-4/h62-65,70H,6-61H2,1-5H3,(H,75,76)(H,77,78)/t62?,63-,64-,65-/m1/s1. The highest BCUT2D eigenvalue weighted by molar-refractivity contribution is 7.47. The van der Waals surface area contributed by atoms with Crippen LogP contribution in [0.4, 0.5) is 0 Å². The van der Waals surface area contributed by atoms with Crippen molar-refractivity contribution in [2.45, 2.75) is 374 Å². The van der Waals surface area contributed by atoms with Crippen molar-refractivity contribution in [1.29, 1.82) is 0 Å². The van der Waals surface area contributed by atoms with E-state index >= 15 is 0 Å². The molecule has 0 rings (SSSR count). The van der Waals surface area contributed by atoms with Gasteiger partial charge >= 0.3 is 39.5 Å². The fraction of sp³-hybridized carbons (Fsp3) is 0.942. The first-order valence-corrected chi connectivity index (χ1v) is 39.2. The predicted octanol–water partition coefficient (Wildman–Crippen LogP) is 19.7. The van der Waals surface area contributed by atoms with Crippen molar-refractivity contribution in [3.8, 4) is 0 Å². The minimum Gasteiger partial charge on any atom is -0.462 e. The number of unbranched alkanes of at least 4 members (excludes halogenated alkanes) is 40. The van der Waals surface area contributed by atoms with E-state index in [2.05, 4.69) is 34.6 Å². The number of aliphatic hydroxyl groups excluding tert-OH is 1. The summed E-state index contributed by atoms with van der Waals surface area (Å²) in [5.74, 6) is -1.41. The Balaban J connectivity index is 5.22. The van der Waals surface area contributed by atoms with Crippen molar-refractivity contribution >= 4 is 39.5 Å². The minimum absolute atomic E-state index is 0.103. The molecule has 0 aliphatic carbocycles. The molecule has 0 aromatic carbocycles. The first kappa shape index (κ1) is 86.1. The lowest BCUT2D eigenvalue weighted by Gasteiger charge is -2.21. The first-order chi connectivity index (χ1) is 42.6. The normalized spacial score (nSPS) is 14.4. The summed E-state index contributed by atoms with van der Waals surface area (Å²) in [5, 5.41) is 10.6. The number of hydrogen-bond acceptors (Lipinski definition) is 15. The minimum atomic E-state index is -4.95. The zero-order chi connectivity index (χ0) is 64.9. The van der Waals surface area contributed by atoms with E-state index in [4.69, 9.17) is 37.0 Å². The number of aliphatic hydroxyl groups is 1.